The number of ether oxygens (including phenoxy) is 1. The number of benzene rings is 1. The van der Waals surface area contributed by atoms with Crippen LogP contribution in [0.25, 0.3) is 16.7 Å². The first-order valence-electron chi connectivity index (χ1n) is 23.2. The highest BCUT2D eigenvalue weighted by atomic mass is 19.3. The number of anilines is 3. The lowest BCUT2D eigenvalue weighted by molar-refractivity contribution is -0.135. The minimum atomic E-state index is -2.85. The van der Waals surface area contributed by atoms with Gasteiger partial charge < -0.3 is 29.7 Å². The number of piperidine rings is 1. The number of carbonyl (C=O) groups excluding carboxylic acids is 3. The number of fused-ring (bicyclic) bond motifs is 4. The topological polar surface area (TPSA) is 172 Å². The predicted molar refractivity (Wildman–Crippen MR) is 236 cm³/mol. The third-order valence-corrected chi connectivity index (χ3v) is 14.9. The summed E-state index contributed by atoms with van der Waals surface area (Å²) in [5.41, 5.74) is 2.40. The lowest BCUT2D eigenvalue weighted by Crippen LogP contribution is -2.49. The molecule has 18 nitrogen and oxygen atoms in total. The van der Waals surface area contributed by atoms with Gasteiger partial charge in [0.05, 0.1) is 53.4 Å². The molecular formula is C45H55F2N13O5. The van der Waals surface area contributed by atoms with Gasteiger partial charge in [0.15, 0.2) is 11.3 Å². The first-order chi connectivity index (χ1) is 31.5. The van der Waals surface area contributed by atoms with Gasteiger partial charge in [-0.2, -0.15) is 10.2 Å². The van der Waals surface area contributed by atoms with Gasteiger partial charge >= 0.3 is 5.69 Å². The molecular weight excluding hydrogens is 841 g/mol. The predicted octanol–water partition coefficient (Wildman–Crippen LogP) is 3.60. The molecule has 5 saturated heterocycles. The minimum absolute atomic E-state index is 0.00542. The fourth-order valence-corrected chi connectivity index (χ4v) is 11.5. The zero-order valence-corrected chi connectivity index (χ0v) is 36.5. The summed E-state index contributed by atoms with van der Waals surface area (Å²) in [6.07, 6.45) is 8.19. The molecule has 5 aliphatic heterocycles. The summed E-state index contributed by atoms with van der Waals surface area (Å²) in [5, 5.41) is 13.7. The quantitative estimate of drug-likeness (QED) is 0.185. The molecule has 9 heterocycles. The van der Waals surface area contributed by atoms with Crippen molar-refractivity contribution in [2.75, 3.05) is 80.6 Å². The molecule has 0 radical (unpaired) electrons. The molecule has 4 atom stereocenters. The van der Waals surface area contributed by atoms with Crippen LogP contribution in [0.2, 0.25) is 0 Å². The van der Waals surface area contributed by atoms with Crippen LogP contribution >= 0.6 is 0 Å². The van der Waals surface area contributed by atoms with E-state index in [0.717, 1.165) is 114 Å². The fraction of sp³-hybridized carbons (Fsp3) is 0.578. The number of morpholine rings is 1. The molecule has 3 amide bonds. The van der Waals surface area contributed by atoms with Gasteiger partial charge in [-0.25, -0.2) is 23.1 Å². The largest absolute Gasteiger partial charge is 0.374 e. The zero-order chi connectivity index (χ0) is 44.5. The van der Waals surface area contributed by atoms with Crippen LogP contribution in [0.1, 0.15) is 85.9 Å². The Morgan fingerprint density at radius 3 is 2.45 bits per heavy atom. The van der Waals surface area contributed by atoms with Crippen molar-refractivity contribution in [3.05, 3.63) is 64.6 Å². The molecule has 65 heavy (non-hydrogen) atoms. The van der Waals surface area contributed by atoms with E-state index in [1.54, 1.807) is 33.3 Å². The van der Waals surface area contributed by atoms with Crippen molar-refractivity contribution in [2.45, 2.75) is 82.0 Å². The second-order valence-corrected chi connectivity index (χ2v) is 19.0. The van der Waals surface area contributed by atoms with E-state index < -0.39 is 30.0 Å². The summed E-state index contributed by atoms with van der Waals surface area (Å²) in [5.74, 6) is 0.451. The number of imidazole rings is 1. The molecule has 4 aromatic heterocycles. The molecule has 11 rings (SSSR count). The van der Waals surface area contributed by atoms with Gasteiger partial charge in [-0.1, -0.05) is 6.07 Å². The average Bonchev–Trinajstić information content (AvgIpc) is 4.18. The molecule has 5 aromatic rings. The van der Waals surface area contributed by atoms with Crippen LogP contribution in [0.3, 0.4) is 0 Å². The summed E-state index contributed by atoms with van der Waals surface area (Å²) < 4.78 is 40.8. The smallest absolute Gasteiger partial charge is 0.329 e. The molecule has 1 aromatic carbocycles. The van der Waals surface area contributed by atoms with Gasteiger partial charge in [0.25, 0.3) is 12.3 Å². The number of imide groups is 1. The number of nitrogens with one attached hydrogen (secondary N) is 2. The monoisotopic (exact) mass is 895 g/mol. The van der Waals surface area contributed by atoms with E-state index in [9.17, 15) is 28.0 Å². The zero-order valence-electron chi connectivity index (χ0n) is 36.5. The summed E-state index contributed by atoms with van der Waals surface area (Å²) in [6, 6.07) is 7.27. The number of carbonyl (C=O) groups is 3. The van der Waals surface area contributed by atoms with E-state index in [1.165, 1.54) is 10.7 Å². The third kappa shape index (κ3) is 7.85. The average molecular weight is 896 g/mol. The second kappa shape index (κ2) is 16.9. The number of aryl methyl sites for hydroxylation is 1. The van der Waals surface area contributed by atoms with Gasteiger partial charge in [-0.15, -0.1) is 0 Å². The number of amides is 3. The maximum Gasteiger partial charge on any atom is 0.329 e. The molecule has 0 spiro atoms. The molecule has 1 aliphatic carbocycles. The van der Waals surface area contributed by atoms with E-state index in [4.69, 9.17) is 9.72 Å². The molecule has 2 bridgehead atoms. The fourth-order valence-electron chi connectivity index (χ4n) is 11.5. The lowest BCUT2D eigenvalue weighted by Gasteiger charge is -2.39. The van der Waals surface area contributed by atoms with E-state index in [1.807, 2.05) is 18.2 Å². The number of halogens is 2. The van der Waals surface area contributed by atoms with Gasteiger partial charge in [0.1, 0.15) is 17.4 Å². The molecule has 20 heteroatoms. The Hall–Kier alpha value is -5.73. The molecule has 2 N–H and O–H groups in total. The van der Waals surface area contributed by atoms with Gasteiger partial charge in [0.2, 0.25) is 11.8 Å². The van der Waals surface area contributed by atoms with Crippen LogP contribution in [0, 0.1) is 11.8 Å². The number of alkyl halides is 2. The molecule has 6 fully saturated rings. The Morgan fingerprint density at radius 1 is 0.938 bits per heavy atom. The van der Waals surface area contributed by atoms with E-state index in [2.05, 4.69) is 46.5 Å². The summed E-state index contributed by atoms with van der Waals surface area (Å²) in [7, 11) is 1.76. The maximum atomic E-state index is 14.3. The molecule has 344 valence electrons. The normalized spacial score (nSPS) is 26.6. The molecule has 6 aliphatic rings. The second-order valence-electron chi connectivity index (χ2n) is 19.0. The van der Waals surface area contributed by atoms with E-state index in [0.29, 0.717) is 36.0 Å². The molecule has 1 unspecified atom stereocenters. The summed E-state index contributed by atoms with van der Waals surface area (Å²) >= 11 is 0. The Balaban J connectivity index is 0.660. The molecule has 1 saturated carbocycles. The van der Waals surface area contributed by atoms with E-state index >= 15 is 0 Å². The number of nitrogens with zero attached hydrogens (tertiary/aromatic N) is 11. The first-order valence-corrected chi connectivity index (χ1v) is 23.2. The summed E-state index contributed by atoms with van der Waals surface area (Å²) in [4.78, 5) is 66.1. The van der Waals surface area contributed by atoms with Gasteiger partial charge in [-0.3, -0.25) is 33.5 Å². The van der Waals surface area contributed by atoms with Crippen LogP contribution in [-0.2, 0) is 21.4 Å². The Kier molecular flexibility index (Phi) is 10.9. The van der Waals surface area contributed by atoms with Crippen molar-refractivity contribution >= 4 is 51.6 Å². The van der Waals surface area contributed by atoms with Gasteiger partial charge in [-0.05, 0) is 75.0 Å². The maximum absolute atomic E-state index is 14.3. The summed E-state index contributed by atoms with van der Waals surface area (Å²) in [6.45, 7) is 9.21. The van der Waals surface area contributed by atoms with Crippen molar-refractivity contribution in [3.63, 3.8) is 0 Å². The van der Waals surface area contributed by atoms with Crippen LogP contribution in [-0.4, -0.2) is 139 Å². The SMILES string of the molecule is Cn1c(=O)n(C2CCC(=O)NC2=O)c2cccc(N3CC[C@H](CN4CCN(C[C@H]5CC[C@H](n6cc(NC(=O)c7cnn8ccc(N9C[C@H]%10C[C@@H]9CO%10)nc78)c(C(F)F)n6)CC5)CC4)C3)c21. The Morgan fingerprint density at radius 2 is 1.72 bits per heavy atom. The van der Waals surface area contributed by atoms with Crippen molar-refractivity contribution in [1.29, 1.82) is 0 Å². The van der Waals surface area contributed by atoms with Crippen LogP contribution in [0.5, 0.6) is 0 Å². The van der Waals surface area contributed by atoms with Crippen LogP contribution in [0.4, 0.5) is 26.0 Å². The van der Waals surface area contributed by atoms with E-state index in [-0.39, 0.29) is 47.5 Å². The Labute approximate surface area is 373 Å². The first kappa shape index (κ1) is 41.9. The van der Waals surface area contributed by atoms with Crippen molar-refractivity contribution < 1.29 is 27.9 Å². The van der Waals surface area contributed by atoms with Crippen molar-refractivity contribution in [2.24, 2.45) is 18.9 Å². The van der Waals surface area contributed by atoms with Crippen LogP contribution < -0.4 is 26.1 Å². The standard InChI is InChI=1S/C45H55F2N13O5/c1-53-40-34(3-2-4-35(40)60(45(53)64)36-9-10-38(61)51-44(36)63)56-13-11-28(23-56)22-55-17-15-54(16-18-55)21-27-5-7-29(8-6-27)59-25-33(39(52-59)41(46)47)49-43(62)32-20-48-58-14-12-37(50-42(32)58)57-24-31-19-30(57)26-65-31/h2-4,12,14,20,25,27-31,36,41H,5-11,13,15-19,21-24,26H2,1H3,(H,49,62)(H,51,61,63)/t27-,28-,29-,30-,31-,36?/m1/s1. The number of piperazine rings is 1. The highest BCUT2D eigenvalue weighted by molar-refractivity contribution is 6.08. The number of aromatic nitrogens is 7. The van der Waals surface area contributed by atoms with Gasteiger partial charge in [0, 0.05) is 84.8 Å². The number of rotatable bonds is 11. The lowest BCUT2D eigenvalue weighted by atomic mass is 9.85. The number of para-hydroxylation sites is 1. The number of hydrogen-bond acceptors (Lipinski definition) is 12. The van der Waals surface area contributed by atoms with Crippen molar-refractivity contribution in [3.8, 4) is 0 Å². The Bertz CT molecular complexity index is 2700. The highest BCUT2D eigenvalue weighted by Gasteiger charge is 2.40. The third-order valence-electron chi connectivity index (χ3n) is 14.9. The highest BCUT2D eigenvalue weighted by Crippen LogP contribution is 2.37. The number of hydrogen-bond donors (Lipinski definition) is 2. The minimum Gasteiger partial charge on any atom is -0.374 e. The van der Waals surface area contributed by atoms with Crippen LogP contribution in [0.15, 0.2) is 47.7 Å². The van der Waals surface area contributed by atoms with Crippen molar-refractivity contribution in [1.82, 2.24) is 48.6 Å².